The monoisotopic (exact) mass is 733 g/mol. The quantitative estimate of drug-likeness (QED) is 0.165. The van der Waals surface area contributed by atoms with Gasteiger partial charge in [-0.1, -0.05) is 177 Å². The Morgan fingerprint density at radius 2 is 0.982 bits per heavy atom. The summed E-state index contributed by atoms with van der Waals surface area (Å²) >= 11 is 0. The van der Waals surface area contributed by atoms with Crippen LogP contribution in [0.2, 0.25) is 13.1 Å². The fourth-order valence-electron chi connectivity index (χ4n) is 8.80. The van der Waals surface area contributed by atoms with E-state index >= 15 is 0 Å². The molecule has 0 saturated carbocycles. The molecule has 56 heavy (non-hydrogen) atoms. The zero-order valence-electron chi connectivity index (χ0n) is 31.0. The van der Waals surface area contributed by atoms with E-state index in [-0.39, 0.29) is 0 Å². The number of para-hydroxylation sites is 1. The maximum atomic E-state index is 6.85. The summed E-state index contributed by atoms with van der Waals surface area (Å²) in [7, 11) is -2.11. The maximum absolute atomic E-state index is 6.85. The lowest BCUT2D eigenvalue weighted by Gasteiger charge is -2.19. The van der Waals surface area contributed by atoms with Crippen LogP contribution in [-0.2, 0) is 0 Å². The van der Waals surface area contributed by atoms with Crippen LogP contribution in [-0.4, -0.2) is 23.0 Å². The fourth-order valence-corrected chi connectivity index (χ4v) is 11.9. The summed E-state index contributed by atoms with van der Waals surface area (Å²) in [5.41, 5.74) is 11.6. The van der Waals surface area contributed by atoms with Crippen molar-refractivity contribution in [2.75, 3.05) is 0 Å². The summed E-state index contributed by atoms with van der Waals surface area (Å²) in [6, 6.07) is 62.1. The van der Waals surface area contributed by atoms with Crippen LogP contribution in [0.4, 0.5) is 0 Å². The zero-order valence-corrected chi connectivity index (χ0v) is 32.0. The Morgan fingerprint density at radius 1 is 0.411 bits per heavy atom. The van der Waals surface area contributed by atoms with Crippen molar-refractivity contribution in [1.82, 2.24) is 15.0 Å². The predicted octanol–water partition coefficient (Wildman–Crippen LogP) is 12.1. The molecule has 3 heterocycles. The average Bonchev–Trinajstić information content (AvgIpc) is 3.76. The Morgan fingerprint density at radius 3 is 1.80 bits per heavy atom. The van der Waals surface area contributed by atoms with Gasteiger partial charge in [0.05, 0.1) is 0 Å². The summed E-state index contributed by atoms with van der Waals surface area (Å²) in [6.07, 6.45) is 0. The van der Waals surface area contributed by atoms with Crippen LogP contribution in [0.5, 0.6) is 0 Å². The first-order chi connectivity index (χ1) is 27.5. The van der Waals surface area contributed by atoms with Gasteiger partial charge in [0.15, 0.2) is 17.5 Å². The van der Waals surface area contributed by atoms with Gasteiger partial charge in [0.2, 0.25) is 0 Å². The molecular weight excluding hydrogens is 699 g/mol. The first kappa shape index (κ1) is 32.5. The summed E-state index contributed by atoms with van der Waals surface area (Å²) in [4.78, 5) is 16.0. The van der Waals surface area contributed by atoms with E-state index in [2.05, 4.69) is 177 Å². The molecule has 0 bridgehead atoms. The van der Waals surface area contributed by atoms with Crippen LogP contribution in [0.15, 0.2) is 180 Å². The third-order valence-corrected chi connectivity index (χ3v) is 15.1. The minimum atomic E-state index is -2.11. The number of furan rings is 1. The van der Waals surface area contributed by atoms with Crippen LogP contribution in [0.1, 0.15) is 0 Å². The number of aromatic nitrogens is 3. The van der Waals surface area contributed by atoms with Crippen LogP contribution < -0.4 is 10.4 Å². The molecule has 0 fully saturated rings. The molecule has 2 aromatic heterocycles. The van der Waals surface area contributed by atoms with E-state index in [0.717, 1.165) is 55.3 Å². The molecule has 0 radical (unpaired) electrons. The van der Waals surface area contributed by atoms with Gasteiger partial charge in [-0.25, -0.2) is 15.0 Å². The third-order valence-electron chi connectivity index (χ3n) is 11.6. The van der Waals surface area contributed by atoms with Gasteiger partial charge in [0.1, 0.15) is 19.2 Å². The molecule has 0 N–H and O–H groups in total. The van der Waals surface area contributed by atoms with Gasteiger partial charge in [-0.05, 0) is 61.1 Å². The highest BCUT2D eigenvalue weighted by atomic mass is 28.3. The molecule has 0 saturated heterocycles. The Balaban J connectivity index is 1.17. The van der Waals surface area contributed by atoms with Crippen molar-refractivity contribution in [2.24, 2.45) is 0 Å². The second-order valence-corrected chi connectivity index (χ2v) is 19.5. The van der Waals surface area contributed by atoms with Gasteiger partial charge in [-0.3, -0.25) is 0 Å². The van der Waals surface area contributed by atoms with E-state index < -0.39 is 8.07 Å². The third kappa shape index (κ3) is 5.01. The molecule has 0 unspecified atom stereocenters. The van der Waals surface area contributed by atoms with Crippen molar-refractivity contribution >= 4 is 51.2 Å². The molecule has 11 rings (SSSR count). The van der Waals surface area contributed by atoms with Gasteiger partial charge >= 0.3 is 0 Å². The number of benzene rings is 8. The van der Waals surface area contributed by atoms with Crippen molar-refractivity contribution in [3.8, 4) is 67.5 Å². The van der Waals surface area contributed by atoms with E-state index in [1.165, 1.54) is 37.8 Å². The molecule has 10 aromatic rings. The van der Waals surface area contributed by atoms with Gasteiger partial charge in [-0.2, -0.15) is 0 Å². The van der Waals surface area contributed by atoms with E-state index in [9.17, 15) is 0 Å². The van der Waals surface area contributed by atoms with E-state index in [4.69, 9.17) is 19.4 Å². The summed E-state index contributed by atoms with van der Waals surface area (Å²) in [5.74, 6) is 1.88. The van der Waals surface area contributed by atoms with Crippen LogP contribution in [0, 0.1) is 0 Å². The van der Waals surface area contributed by atoms with Crippen LogP contribution in [0.3, 0.4) is 0 Å². The molecule has 5 heteroatoms. The molecule has 264 valence electrons. The molecular formula is C51H35N3OSi. The minimum absolute atomic E-state index is 0.624. The highest BCUT2D eigenvalue weighted by Crippen LogP contribution is 2.44. The smallest absolute Gasteiger partial charge is 0.164 e. The predicted molar refractivity (Wildman–Crippen MR) is 234 cm³/mol. The molecule has 0 spiro atoms. The van der Waals surface area contributed by atoms with Crippen molar-refractivity contribution in [3.63, 3.8) is 0 Å². The molecule has 8 aromatic carbocycles. The summed E-state index contributed by atoms with van der Waals surface area (Å²) in [5, 5.41) is 7.30. The van der Waals surface area contributed by atoms with Gasteiger partial charge in [0, 0.05) is 33.0 Å². The Hall–Kier alpha value is -6.95. The minimum Gasteiger partial charge on any atom is -0.455 e. The summed E-state index contributed by atoms with van der Waals surface area (Å²) in [6.45, 7) is 4.88. The SMILES string of the molecule is C[Si]1(C)c2ccccc2-c2c1cc(-c1nc(-c3ccc(-c4cccc5ccccc45)cc3)nc(-c3ccccc3-c3ccccc3)n1)c1c2oc2ccccc21. The molecule has 4 nitrogen and oxygen atoms in total. The first-order valence-corrected chi connectivity index (χ1v) is 22.1. The van der Waals surface area contributed by atoms with Gasteiger partial charge < -0.3 is 4.42 Å². The fraction of sp³-hybridized carbons (Fsp3) is 0.0392. The molecule has 0 amide bonds. The number of fused-ring (bicyclic) bond motifs is 8. The lowest BCUT2D eigenvalue weighted by molar-refractivity contribution is 0.670. The molecule has 0 aliphatic carbocycles. The lowest BCUT2D eigenvalue weighted by Crippen LogP contribution is -2.49. The lowest BCUT2D eigenvalue weighted by atomic mass is 9.97. The Labute approximate surface area is 325 Å². The van der Waals surface area contributed by atoms with Gasteiger partial charge in [0.25, 0.3) is 0 Å². The van der Waals surface area contributed by atoms with Crippen molar-refractivity contribution in [3.05, 3.63) is 176 Å². The van der Waals surface area contributed by atoms with Crippen LogP contribution in [0.25, 0.3) is 100 Å². The second kappa shape index (κ2) is 12.6. The number of nitrogens with zero attached hydrogens (tertiary/aromatic N) is 3. The van der Waals surface area contributed by atoms with E-state index in [1.807, 2.05) is 12.1 Å². The Kier molecular flexibility index (Phi) is 7.28. The molecule has 1 aliphatic heterocycles. The number of hydrogen-bond donors (Lipinski definition) is 0. The average molecular weight is 734 g/mol. The highest BCUT2D eigenvalue weighted by Gasteiger charge is 2.40. The largest absolute Gasteiger partial charge is 0.455 e. The second-order valence-electron chi connectivity index (χ2n) is 15.1. The number of hydrogen-bond acceptors (Lipinski definition) is 4. The molecule has 1 aliphatic rings. The zero-order chi connectivity index (χ0) is 37.4. The van der Waals surface area contributed by atoms with E-state index in [1.54, 1.807) is 0 Å². The maximum Gasteiger partial charge on any atom is 0.164 e. The summed E-state index contributed by atoms with van der Waals surface area (Å²) < 4.78 is 6.85. The van der Waals surface area contributed by atoms with E-state index in [0.29, 0.717) is 17.5 Å². The standard InChI is InChI=1S/C51H35N3OSi/c1-56(2)44-26-13-11-23-41(44)47-45(56)31-42(46-40-22-10-12-25-43(40)55-48(46)47)51-53-49(52-50(54-51)39-21-9-8-20-38(39)32-15-4-3-5-16-32)35-29-27-34(28-30-35)37-24-14-18-33-17-6-7-19-36(33)37/h3-31H,1-2H3. The first-order valence-electron chi connectivity index (χ1n) is 19.1. The van der Waals surface area contributed by atoms with Crippen molar-refractivity contribution in [1.29, 1.82) is 0 Å². The molecule has 0 atom stereocenters. The highest BCUT2D eigenvalue weighted by molar-refractivity contribution is 7.04. The van der Waals surface area contributed by atoms with Gasteiger partial charge in [-0.15, -0.1) is 0 Å². The van der Waals surface area contributed by atoms with Crippen molar-refractivity contribution in [2.45, 2.75) is 13.1 Å². The van der Waals surface area contributed by atoms with Crippen molar-refractivity contribution < 1.29 is 4.42 Å². The number of rotatable bonds is 5. The normalized spacial score (nSPS) is 13.0. The Bertz CT molecular complexity index is 3160. The van der Waals surface area contributed by atoms with Crippen LogP contribution >= 0.6 is 0 Å². The topological polar surface area (TPSA) is 51.8 Å².